The molecule has 0 aliphatic heterocycles. The summed E-state index contributed by atoms with van der Waals surface area (Å²) < 4.78 is 34.7. The summed E-state index contributed by atoms with van der Waals surface area (Å²) in [5.74, 6) is -1.77. The van der Waals surface area contributed by atoms with Crippen LogP contribution in [0.1, 0.15) is 9.67 Å². The third kappa shape index (κ3) is 5.02. The van der Waals surface area contributed by atoms with Crippen LogP contribution >= 0.6 is 11.3 Å². The van der Waals surface area contributed by atoms with Crippen molar-refractivity contribution in [2.45, 2.75) is 6.61 Å². The van der Waals surface area contributed by atoms with Crippen LogP contribution in [-0.4, -0.2) is 30.0 Å². The number of hydrogen-bond acceptors (Lipinski definition) is 7. The van der Waals surface area contributed by atoms with E-state index in [0.29, 0.717) is 10.1 Å². The van der Waals surface area contributed by atoms with Gasteiger partial charge in [-0.2, -0.15) is 8.78 Å². The first-order valence-corrected chi connectivity index (χ1v) is 8.84. The topological polar surface area (TPSA) is 108 Å². The van der Waals surface area contributed by atoms with Crippen LogP contribution in [0.3, 0.4) is 0 Å². The van der Waals surface area contributed by atoms with Gasteiger partial charge in [-0.25, -0.2) is 4.79 Å². The van der Waals surface area contributed by atoms with Gasteiger partial charge in [0.25, 0.3) is 11.6 Å². The van der Waals surface area contributed by atoms with Crippen LogP contribution in [0.15, 0.2) is 48.5 Å². The van der Waals surface area contributed by atoms with E-state index >= 15 is 0 Å². The number of para-hydroxylation sites is 2. The summed E-state index contributed by atoms with van der Waals surface area (Å²) in [5, 5.41) is 13.6. The Morgan fingerprint density at radius 3 is 2.66 bits per heavy atom. The number of halogens is 2. The Bertz CT molecular complexity index is 1090. The predicted molar refractivity (Wildman–Crippen MR) is 100 cm³/mol. The zero-order chi connectivity index (χ0) is 21.0. The number of carbonyl (C=O) groups is 2. The van der Waals surface area contributed by atoms with Crippen LogP contribution in [0, 0.1) is 10.1 Å². The molecule has 1 N–H and O–H groups in total. The Morgan fingerprint density at radius 2 is 1.93 bits per heavy atom. The van der Waals surface area contributed by atoms with Crippen molar-refractivity contribution in [1.82, 2.24) is 0 Å². The van der Waals surface area contributed by atoms with Crippen LogP contribution in [0.2, 0.25) is 0 Å². The number of thiophene rings is 1. The summed E-state index contributed by atoms with van der Waals surface area (Å²) in [6.07, 6.45) is 0. The fraction of sp³-hybridized carbons (Fsp3) is 0.111. The van der Waals surface area contributed by atoms with Gasteiger partial charge in [-0.15, -0.1) is 11.3 Å². The highest BCUT2D eigenvalue weighted by Crippen LogP contribution is 2.29. The second-order valence-electron chi connectivity index (χ2n) is 5.59. The molecule has 29 heavy (non-hydrogen) atoms. The molecule has 0 fully saturated rings. The normalized spacial score (nSPS) is 10.7. The molecule has 3 rings (SSSR count). The minimum Gasteiger partial charge on any atom is -0.451 e. The number of hydrogen-bond donors (Lipinski definition) is 1. The largest absolute Gasteiger partial charge is 0.451 e. The fourth-order valence-electron chi connectivity index (χ4n) is 2.40. The molecular weight excluding hydrogens is 410 g/mol. The molecule has 2 aromatic carbocycles. The number of esters is 1. The van der Waals surface area contributed by atoms with Crippen molar-refractivity contribution in [2.75, 3.05) is 11.9 Å². The smallest absolute Gasteiger partial charge is 0.387 e. The van der Waals surface area contributed by atoms with Gasteiger partial charge in [-0.1, -0.05) is 12.1 Å². The molecule has 0 radical (unpaired) electrons. The Morgan fingerprint density at radius 1 is 1.17 bits per heavy atom. The number of carbonyl (C=O) groups excluding carboxylic acids is 2. The second kappa shape index (κ2) is 8.61. The van der Waals surface area contributed by atoms with E-state index in [1.54, 1.807) is 0 Å². The van der Waals surface area contributed by atoms with Crippen molar-refractivity contribution >= 4 is 44.7 Å². The van der Waals surface area contributed by atoms with Crippen molar-refractivity contribution in [3.8, 4) is 5.75 Å². The van der Waals surface area contributed by atoms with E-state index in [1.807, 2.05) is 0 Å². The van der Waals surface area contributed by atoms with Gasteiger partial charge < -0.3 is 14.8 Å². The zero-order valence-corrected chi connectivity index (χ0v) is 15.3. The molecule has 8 nitrogen and oxygen atoms in total. The molecule has 150 valence electrons. The van der Waals surface area contributed by atoms with E-state index in [-0.39, 0.29) is 22.0 Å². The standard InChI is InChI=1S/C18H12F2N2O6S/c19-18(20)28-13-4-2-1-3-12(13)21-16(23)9-27-17(24)15-8-10-7-11(22(25)26)5-6-14(10)29-15/h1-8,18H,9H2,(H,21,23). The van der Waals surface area contributed by atoms with Gasteiger partial charge in [-0.05, 0) is 24.3 Å². The molecule has 0 atom stereocenters. The van der Waals surface area contributed by atoms with Crippen molar-refractivity contribution < 1.29 is 32.8 Å². The number of fused-ring (bicyclic) bond motifs is 1. The van der Waals surface area contributed by atoms with Gasteiger partial charge >= 0.3 is 12.6 Å². The molecule has 0 spiro atoms. The zero-order valence-electron chi connectivity index (χ0n) is 14.5. The van der Waals surface area contributed by atoms with E-state index in [4.69, 9.17) is 4.74 Å². The van der Waals surface area contributed by atoms with Gasteiger partial charge in [0.05, 0.1) is 10.6 Å². The van der Waals surface area contributed by atoms with E-state index in [9.17, 15) is 28.5 Å². The summed E-state index contributed by atoms with van der Waals surface area (Å²) in [5.41, 5.74) is -0.109. The van der Waals surface area contributed by atoms with Gasteiger partial charge in [0, 0.05) is 22.2 Å². The van der Waals surface area contributed by atoms with Gasteiger partial charge in [0.2, 0.25) is 0 Å². The Hall–Kier alpha value is -3.60. The number of nitrogens with one attached hydrogen (secondary N) is 1. The first kappa shape index (κ1) is 20.1. The monoisotopic (exact) mass is 422 g/mol. The van der Waals surface area contributed by atoms with Crippen LogP contribution in [-0.2, 0) is 9.53 Å². The van der Waals surface area contributed by atoms with Crippen LogP contribution in [0.25, 0.3) is 10.1 Å². The molecule has 1 amide bonds. The van der Waals surface area contributed by atoms with Gasteiger partial charge in [0.1, 0.15) is 10.6 Å². The molecule has 0 saturated carbocycles. The minimum atomic E-state index is -3.06. The van der Waals surface area contributed by atoms with Crippen molar-refractivity contribution in [3.63, 3.8) is 0 Å². The van der Waals surface area contributed by atoms with Gasteiger partial charge in [-0.3, -0.25) is 14.9 Å². The van der Waals surface area contributed by atoms with E-state index in [0.717, 1.165) is 11.3 Å². The summed E-state index contributed by atoms with van der Waals surface area (Å²) in [6.45, 7) is -3.72. The SMILES string of the molecule is O=C(COC(=O)c1cc2cc([N+](=O)[O-])ccc2s1)Nc1ccccc1OC(F)F. The highest BCUT2D eigenvalue weighted by Gasteiger charge is 2.17. The maximum atomic E-state index is 12.4. The summed E-state index contributed by atoms with van der Waals surface area (Å²) in [4.78, 5) is 34.6. The number of alkyl halides is 2. The summed E-state index contributed by atoms with van der Waals surface area (Å²) in [6, 6.07) is 11.2. The Balaban J connectivity index is 1.63. The van der Waals surface area contributed by atoms with Crippen molar-refractivity contribution in [2.24, 2.45) is 0 Å². The molecule has 0 bridgehead atoms. The van der Waals surface area contributed by atoms with E-state index < -0.39 is 30.0 Å². The summed E-state index contributed by atoms with van der Waals surface area (Å²) in [7, 11) is 0. The fourth-order valence-corrected chi connectivity index (χ4v) is 3.34. The lowest BCUT2D eigenvalue weighted by Gasteiger charge is -2.11. The van der Waals surface area contributed by atoms with E-state index in [1.165, 1.54) is 48.5 Å². The Labute approximate surface area is 165 Å². The molecule has 0 unspecified atom stereocenters. The predicted octanol–water partition coefficient (Wildman–Crippen LogP) is 4.21. The molecule has 0 saturated heterocycles. The van der Waals surface area contributed by atoms with Crippen molar-refractivity contribution in [1.29, 1.82) is 0 Å². The molecule has 11 heteroatoms. The molecule has 1 aromatic heterocycles. The maximum absolute atomic E-state index is 12.4. The second-order valence-corrected chi connectivity index (χ2v) is 6.67. The first-order valence-electron chi connectivity index (χ1n) is 8.02. The van der Waals surface area contributed by atoms with E-state index in [2.05, 4.69) is 10.1 Å². The molecule has 1 heterocycles. The maximum Gasteiger partial charge on any atom is 0.387 e. The molecule has 0 aliphatic carbocycles. The number of ether oxygens (including phenoxy) is 2. The van der Waals surface area contributed by atoms with Crippen LogP contribution < -0.4 is 10.1 Å². The number of nitro groups is 1. The van der Waals surface area contributed by atoms with Crippen LogP contribution in [0.5, 0.6) is 5.75 Å². The third-order valence-electron chi connectivity index (χ3n) is 3.62. The number of benzene rings is 2. The number of non-ortho nitro benzene ring substituents is 1. The highest BCUT2D eigenvalue weighted by molar-refractivity contribution is 7.20. The summed E-state index contributed by atoms with van der Waals surface area (Å²) >= 11 is 1.06. The lowest BCUT2D eigenvalue weighted by molar-refractivity contribution is -0.384. The minimum absolute atomic E-state index is 0.00280. The number of anilines is 1. The molecule has 3 aromatic rings. The number of nitro benzene ring substituents is 1. The molecule has 0 aliphatic rings. The van der Waals surface area contributed by atoms with Gasteiger partial charge in [0.15, 0.2) is 6.61 Å². The lowest BCUT2D eigenvalue weighted by atomic mass is 10.2. The third-order valence-corrected chi connectivity index (χ3v) is 4.72. The first-order chi connectivity index (χ1) is 13.8. The number of nitrogens with zero attached hydrogens (tertiary/aromatic N) is 1. The number of amides is 1. The highest BCUT2D eigenvalue weighted by atomic mass is 32.1. The van der Waals surface area contributed by atoms with Crippen LogP contribution in [0.4, 0.5) is 20.2 Å². The average molecular weight is 422 g/mol. The average Bonchev–Trinajstić information content (AvgIpc) is 3.10. The Kier molecular flexibility index (Phi) is 5.98. The molecular formula is C18H12F2N2O6S. The lowest BCUT2D eigenvalue weighted by Crippen LogP contribution is -2.21. The quantitative estimate of drug-likeness (QED) is 0.347. The number of rotatable bonds is 7. The van der Waals surface area contributed by atoms with Crippen molar-refractivity contribution in [3.05, 3.63) is 63.5 Å².